The van der Waals surface area contributed by atoms with Crippen LogP contribution in [0.25, 0.3) is 0 Å². The molecular formula is C19H18O2. The second kappa shape index (κ2) is 6.80. The van der Waals surface area contributed by atoms with Crippen molar-refractivity contribution in [2.75, 3.05) is 0 Å². The maximum atomic E-state index is 5.85. The average molecular weight is 278 g/mol. The van der Waals surface area contributed by atoms with Crippen molar-refractivity contribution in [3.05, 3.63) is 89.9 Å². The molecule has 0 amide bonds. The van der Waals surface area contributed by atoms with Crippen molar-refractivity contribution in [2.45, 2.75) is 19.4 Å². The molecule has 3 rings (SSSR count). The van der Waals surface area contributed by atoms with Gasteiger partial charge >= 0.3 is 0 Å². The zero-order valence-electron chi connectivity index (χ0n) is 11.9. The number of benzene rings is 2. The lowest BCUT2D eigenvalue weighted by Crippen LogP contribution is -1.96. The fourth-order valence-corrected chi connectivity index (χ4v) is 2.25. The lowest BCUT2D eigenvalue weighted by Gasteiger charge is -2.08. The van der Waals surface area contributed by atoms with Crippen LogP contribution in [0, 0.1) is 0 Å². The summed E-state index contributed by atoms with van der Waals surface area (Å²) in [7, 11) is 0. The molecule has 106 valence electrons. The van der Waals surface area contributed by atoms with Crippen LogP contribution in [0.15, 0.2) is 77.4 Å². The Kier molecular flexibility index (Phi) is 4.37. The molecule has 1 aromatic heterocycles. The van der Waals surface area contributed by atoms with Crippen molar-refractivity contribution in [3.63, 3.8) is 0 Å². The Morgan fingerprint density at radius 3 is 2.43 bits per heavy atom. The first-order valence-corrected chi connectivity index (χ1v) is 7.18. The Morgan fingerprint density at radius 1 is 0.762 bits per heavy atom. The monoisotopic (exact) mass is 278 g/mol. The fourth-order valence-electron chi connectivity index (χ4n) is 2.25. The highest BCUT2D eigenvalue weighted by Crippen LogP contribution is 2.17. The molecular weight excluding hydrogens is 260 g/mol. The van der Waals surface area contributed by atoms with E-state index in [0.717, 1.165) is 24.4 Å². The minimum atomic E-state index is 0.600. The number of hydrogen-bond donors (Lipinski definition) is 0. The highest BCUT2D eigenvalue weighted by Gasteiger charge is 2.01. The van der Waals surface area contributed by atoms with Crippen LogP contribution in [0.5, 0.6) is 5.75 Å². The summed E-state index contributed by atoms with van der Waals surface area (Å²) < 4.78 is 11.2. The summed E-state index contributed by atoms with van der Waals surface area (Å²) in [5.74, 6) is 1.93. The normalized spacial score (nSPS) is 10.5. The van der Waals surface area contributed by atoms with Gasteiger partial charge in [0, 0.05) is 6.42 Å². The molecule has 21 heavy (non-hydrogen) atoms. The minimum Gasteiger partial charge on any atom is -0.489 e. The number of ether oxygens (including phenoxy) is 1. The molecule has 3 aromatic rings. The van der Waals surface area contributed by atoms with Gasteiger partial charge in [-0.25, -0.2) is 0 Å². The predicted molar refractivity (Wildman–Crippen MR) is 83.3 cm³/mol. The van der Waals surface area contributed by atoms with Gasteiger partial charge in [0.25, 0.3) is 0 Å². The van der Waals surface area contributed by atoms with Gasteiger partial charge in [-0.15, -0.1) is 0 Å². The van der Waals surface area contributed by atoms with Crippen LogP contribution in [-0.2, 0) is 19.4 Å². The quantitative estimate of drug-likeness (QED) is 0.655. The summed E-state index contributed by atoms with van der Waals surface area (Å²) in [5.41, 5.74) is 2.44. The number of aryl methyl sites for hydroxylation is 2. The lowest BCUT2D eigenvalue weighted by molar-refractivity contribution is 0.306. The van der Waals surface area contributed by atoms with E-state index in [1.165, 1.54) is 11.1 Å². The van der Waals surface area contributed by atoms with Crippen molar-refractivity contribution >= 4 is 0 Å². The summed E-state index contributed by atoms with van der Waals surface area (Å²) in [4.78, 5) is 0. The summed E-state index contributed by atoms with van der Waals surface area (Å²) >= 11 is 0. The summed E-state index contributed by atoms with van der Waals surface area (Å²) in [6.45, 7) is 0.600. The van der Waals surface area contributed by atoms with Crippen LogP contribution in [-0.4, -0.2) is 0 Å². The van der Waals surface area contributed by atoms with Gasteiger partial charge in [0.15, 0.2) is 0 Å². The third-order valence-corrected chi connectivity index (χ3v) is 3.39. The van der Waals surface area contributed by atoms with E-state index < -0.39 is 0 Å². The van der Waals surface area contributed by atoms with Gasteiger partial charge in [-0.2, -0.15) is 0 Å². The van der Waals surface area contributed by atoms with Crippen LogP contribution in [0.2, 0.25) is 0 Å². The molecule has 0 aliphatic carbocycles. The molecule has 0 aliphatic rings. The molecule has 0 bridgehead atoms. The van der Waals surface area contributed by atoms with E-state index in [0.29, 0.717) is 6.61 Å². The van der Waals surface area contributed by atoms with Crippen LogP contribution < -0.4 is 4.74 Å². The first-order chi connectivity index (χ1) is 10.4. The standard InChI is InChI=1S/C19H18O2/c1-2-6-17(7-3-1)15-21-19-9-4-8-16(14-19)11-12-18-10-5-13-20-18/h1-10,13-14H,11-12,15H2. The Balaban J connectivity index is 1.58. The Hall–Kier alpha value is -2.48. The van der Waals surface area contributed by atoms with Crippen LogP contribution >= 0.6 is 0 Å². The lowest BCUT2D eigenvalue weighted by atomic mass is 10.1. The third kappa shape index (κ3) is 3.99. The second-order valence-corrected chi connectivity index (χ2v) is 5.00. The van der Waals surface area contributed by atoms with E-state index in [1.807, 2.05) is 42.5 Å². The molecule has 2 nitrogen and oxygen atoms in total. The van der Waals surface area contributed by atoms with Crippen LogP contribution in [0.3, 0.4) is 0 Å². The molecule has 0 unspecified atom stereocenters. The van der Waals surface area contributed by atoms with Crippen molar-refractivity contribution in [2.24, 2.45) is 0 Å². The fraction of sp³-hybridized carbons (Fsp3) is 0.158. The van der Waals surface area contributed by atoms with E-state index in [-0.39, 0.29) is 0 Å². The van der Waals surface area contributed by atoms with Gasteiger partial charge in [-0.1, -0.05) is 42.5 Å². The smallest absolute Gasteiger partial charge is 0.120 e. The number of hydrogen-bond acceptors (Lipinski definition) is 2. The molecule has 0 atom stereocenters. The zero-order chi connectivity index (χ0) is 14.3. The highest BCUT2D eigenvalue weighted by molar-refractivity contribution is 5.29. The minimum absolute atomic E-state index is 0.600. The summed E-state index contributed by atoms with van der Waals surface area (Å²) in [5, 5.41) is 0. The van der Waals surface area contributed by atoms with E-state index in [1.54, 1.807) is 6.26 Å². The van der Waals surface area contributed by atoms with E-state index in [9.17, 15) is 0 Å². The number of rotatable bonds is 6. The Morgan fingerprint density at radius 2 is 1.62 bits per heavy atom. The van der Waals surface area contributed by atoms with Gasteiger partial charge in [0.05, 0.1) is 6.26 Å². The van der Waals surface area contributed by atoms with E-state index in [2.05, 4.69) is 24.3 Å². The van der Waals surface area contributed by atoms with E-state index >= 15 is 0 Å². The maximum Gasteiger partial charge on any atom is 0.120 e. The third-order valence-electron chi connectivity index (χ3n) is 3.39. The number of furan rings is 1. The largest absolute Gasteiger partial charge is 0.489 e. The van der Waals surface area contributed by atoms with Crippen molar-refractivity contribution in [3.8, 4) is 5.75 Å². The van der Waals surface area contributed by atoms with Gasteiger partial charge < -0.3 is 9.15 Å². The van der Waals surface area contributed by atoms with Crippen LogP contribution in [0.4, 0.5) is 0 Å². The van der Waals surface area contributed by atoms with Crippen molar-refractivity contribution in [1.82, 2.24) is 0 Å². The molecule has 2 aromatic carbocycles. The SMILES string of the molecule is c1ccc(COc2cccc(CCc3ccco3)c2)cc1. The second-order valence-electron chi connectivity index (χ2n) is 5.00. The molecule has 0 N–H and O–H groups in total. The molecule has 0 saturated heterocycles. The van der Waals surface area contributed by atoms with Gasteiger partial charge in [-0.05, 0) is 41.8 Å². The first-order valence-electron chi connectivity index (χ1n) is 7.18. The molecule has 0 saturated carbocycles. The van der Waals surface area contributed by atoms with Gasteiger partial charge in [0.2, 0.25) is 0 Å². The van der Waals surface area contributed by atoms with Crippen molar-refractivity contribution in [1.29, 1.82) is 0 Å². The van der Waals surface area contributed by atoms with Crippen molar-refractivity contribution < 1.29 is 9.15 Å². The van der Waals surface area contributed by atoms with Gasteiger partial charge in [-0.3, -0.25) is 0 Å². The first kappa shape index (κ1) is 13.5. The molecule has 0 spiro atoms. The molecule has 0 aliphatic heterocycles. The molecule has 0 radical (unpaired) electrons. The molecule has 2 heteroatoms. The average Bonchev–Trinajstić information content (AvgIpc) is 3.06. The predicted octanol–water partition coefficient (Wildman–Crippen LogP) is 4.64. The Labute approximate surface area is 125 Å². The summed E-state index contributed by atoms with van der Waals surface area (Å²) in [6.07, 6.45) is 3.58. The molecule has 1 heterocycles. The Bertz CT molecular complexity index is 657. The van der Waals surface area contributed by atoms with Crippen LogP contribution in [0.1, 0.15) is 16.9 Å². The maximum absolute atomic E-state index is 5.85. The van der Waals surface area contributed by atoms with E-state index in [4.69, 9.17) is 9.15 Å². The van der Waals surface area contributed by atoms with Gasteiger partial charge in [0.1, 0.15) is 18.1 Å². The summed E-state index contributed by atoms with van der Waals surface area (Å²) in [6, 6.07) is 22.4. The topological polar surface area (TPSA) is 22.4 Å². The molecule has 0 fully saturated rings. The highest BCUT2D eigenvalue weighted by atomic mass is 16.5. The zero-order valence-corrected chi connectivity index (χ0v) is 11.9.